The number of carbonyl (C=O) groups is 3. The van der Waals surface area contributed by atoms with Gasteiger partial charge in [0.1, 0.15) is 0 Å². The van der Waals surface area contributed by atoms with Crippen molar-refractivity contribution in [3.05, 3.63) is 48.0 Å². The largest absolute Gasteiger partial charge is 0.490 e. The number of aliphatic carboxylic acids is 1. The minimum absolute atomic E-state index is 0.000141. The summed E-state index contributed by atoms with van der Waals surface area (Å²) in [6, 6.07) is 14.1. The summed E-state index contributed by atoms with van der Waals surface area (Å²) in [6.07, 6.45) is 0.354. The molecule has 1 unspecified atom stereocenters. The first kappa shape index (κ1) is 25.9. The summed E-state index contributed by atoms with van der Waals surface area (Å²) in [5.41, 5.74) is 0.764. The monoisotopic (exact) mass is 505 g/mol. The molecule has 7 nitrogen and oxygen atoms in total. The fraction of sp³-hybridized carbons (Fsp3) is 0.500. The molecule has 0 bridgehead atoms. The number of likely N-dealkylation sites (tertiary alicyclic amines) is 3. The van der Waals surface area contributed by atoms with E-state index in [-0.39, 0.29) is 17.4 Å². The summed E-state index contributed by atoms with van der Waals surface area (Å²) in [6.45, 7) is 4.85. The maximum Gasteiger partial charge on any atom is 0.490 e. The van der Waals surface area contributed by atoms with Crippen LogP contribution in [-0.2, 0) is 9.59 Å². The zero-order valence-corrected chi connectivity index (χ0v) is 20.0. The van der Waals surface area contributed by atoms with Crippen molar-refractivity contribution >= 4 is 28.6 Å². The lowest BCUT2D eigenvalue weighted by Crippen LogP contribution is -2.68. The first-order valence-corrected chi connectivity index (χ1v) is 12.2. The van der Waals surface area contributed by atoms with Gasteiger partial charge in [-0.25, -0.2) is 4.79 Å². The van der Waals surface area contributed by atoms with Crippen LogP contribution >= 0.6 is 0 Å². The van der Waals surface area contributed by atoms with Gasteiger partial charge in [-0.3, -0.25) is 14.5 Å². The van der Waals surface area contributed by atoms with Crippen LogP contribution in [0.3, 0.4) is 0 Å². The van der Waals surface area contributed by atoms with Gasteiger partial charge in [0.2, 0.25) is 5.91 Å². The Morgan fingerprint density at radius 1 is 0.861 bits per heavy atom. The summed E-state index contributed by atoms with van der Waals surface area (Å²) >= 11 is 0. The molecule has 1 spiro atoms. The van der Waals surface area contributed by atoms with E-state index in [9.17, 15) is 22.8 Å². The van der Waals surface area contributed by atoms with Crippen LogP contribution in [0.2, 0.25) is 0 Å². The standard InChI is InChI=1S/C24H29N3O2.C2HF3O2/c28-22(25-12-3-4-13-25)17-27-15-11-24(27)10-5-14-26(18-24)23(29)21-9-8-19-6-1-2-7-20(19)16-21;3-2(4,5)1(6)7/h1-2,6-9,16H,3-5,10-15,17-18H2;(H,6,7). The van der Waals surface area contributed by atoms with Crippen molar-refractivity contribution < 1.29 is 32.7 Å². The van der Waals surface area contributed by atoms with E-state index in [1.54, 1.807) is 0 Å². The highest BCUT2D eigenvalue weighted by Gasteiger charge is 2.48. The molecule has 3 fully saturated rings. The van der Waals surface area contributed by atoms with Gasteiger partial charge in [0.25, 0.3) is 5.91 Å². The molecule has 0 aromatic heterocycles. The topological polar surface area (TPSA) is 81.2 Å². The van der Waals surface area contributed by atoms with Crippen molar-refractivity contribution in [2.45, 2.75) is 43.8 Å². The van der Waals surface area contributed by atoms with Crippen molar-refractivity contribution in [3.8, 4) is 0 Å². The molecule has 36 heavy (non-hydrogen) atoms. The van der Waals surface area contributed by atoms with Crippen LogP contribution in [-0.4, -0.2) is 88.6 Å². The zero-order valence-electron chi connectivity index (χ0n) is 20.0. The Kier molecular flexibility index (Phi) is 7.54. The van der Waals surface area contributed by atoms with Crippen LogP contribution in [0.15, 0.2) is 42.5 Å². The minimum atomic E-state index is -5.08. The van der Waals surface area contributed by atoms with Gasteiger partial charge in [-0.2, -0.15) is 13.2 Å². The highest BCUT2D eigenvalue weighted by Crippen LogP contribution is 2.39. The Labute approximate surface area is 207 Å². The maximum atomic E-state index is 13.2. The van der Waals surface area contributed by atoms with E-state index in [2.05, 4.69) is 17.0 Å². The Balaban J connectivity index is 0.000000384. The van der Waals surface area contributed by atoms with Crippen LogP contribution < -0.4 is 0 Å². The number of piperidine rings is 1. The lowest BCUT2D eigenvalue weighted by molar-refractivity contribution is -0.192. The summed E-state index contributed by atoms with van der Waals surface area (Å²) in [7, 11) is 0. The third kappa shape index (κ3) is 5.64. The molecule has 3 saturated heterocycles. The predicted octanol–water partition coefficient (Wildman–Crippen LogP) is 3.78. The molecule has 2 amide bonds. The average molecular weight is 506 g/mol. The van der Waals surface area contributed by atoms with Gasteiger partial charge in [0, 0.05) is 43.8 Å². The SMILES string of the molecule is O=C(CN1CCC12CCCN(C(=O)c1ccc3ccccc3c1)C2)N1CCCC1.O=C(O)C(F)(F)F. The quantitative estimate of drug-likeness (QED) is 0.687. The molecule has 3 aliphatic heterocycles. The van der Waals surface area contributed by atoms with E-state index in [0.29, 0.717) is 6.54 Å². The van der Waals surface area contributed by atoms with E-state index >= 15 is 0 Å². The molecule has 0 radical (unpaired) electrons. The summed E-state index contributed by atoms with van der Waals surface area (Å²) < 4.78 is 31.7. The Morgan fingerprint density at radius 2 is 1.50 bits per heavy atom. The molecule has 3 heterocycles. The molecular formula is C26H30F3N3O4. The second kappa shape index (κ2) is 10.5. The normalized spacial score (nSPS) is 22.2. The second-order valence-electron chi connectivity index (χ2n) is 9.68. The lowest BCUT2D eigenvalue weighted by Gasteiger charge is -2.57. The molecule has 1 atom stereocenters. The van der Waals surface area contributed by atoms with Gasteiger partial charge in [-0.05, 0) is 55.0 Å². The first-order chi connectivity index (χ1) is 17.1. The maximum absolute atomic E-state index is 13.2. The summed E-state index contributed by atoms with van der Waals surface area (Å²) in [5.74, 6) is -2.38. The van der Waals surface area contributed by atoms with Crippen molar-refractivity contribution in [1.29, 1.82) is 0 Å². The van der Waals surface area contributed by atoms with Gasteiger partial charge < -0.3 is 14.9 Å². The number of amides is 2. The lowest BCUT2D eigenvalue weighted by atomic mass is 9.77. The number of hydrogen-bond donors (Lipinski definition) is 1. The molecule has 3 aliphatic rings. The van der Waals surface area contributed by atoms with Gasteiger partial charge in [0.05, 0.1) is 6.54 Å². The summed E-state index contributed by atoms with van der Waals surface area (Å²) in [4.78, 5) is 41.1. The van der Waals surface area contributed by atoms with E-state index in [1.807, 2.05) is 40.1 Å². The van der Waals surface area contributed by atoms with Crippen LogP contribution in [0.5, 0.6) is 0 Å². The molecule has 5 rings (SSSR count). The molecule has 10 heteroatoms. The number of hydrogen-bond acceptors (Lipinski definition) is 4. The zero-order chi connectivity index (χ0) is 25.9. The fourth-order valence-corrected chi connectivity index (χ4v) is 5.32. The molecule has 2 aromatic rings. The van der Waals surface area contributed by atoms with Gasteiger partial charge in [-0.1, -0.05) is 30.3 Å². The van der Waals surface area contributed by atoms with Crippen LogP contribution in [0, 0.1) is 0 Å². The van der Waals surface area contributed by atoms with Crippen molar-refractivity contribution in [2.75, 3.05) is 39.3 Å². The van der Waals surface area contributed by atoms with Crippen LogP contribution in [0.25, 0.3) is 10.8 Å². The predicted molar refractivity (Wildman–Crippen MR) is 128 cm³/mol. The molecule has 0 aliphatic carbocycles. The van der Waals surface area contributed by atoms with E-state index in [0.717, 1.165) is 81.2 Å². The van der Waals surface area contributed by atoms with Crippen molar-refractivity contribution in [2.24, 2.45) is 0 Å². The summed E-state index contributed by atoms with van der Waals surface area (Å²) in [5, 5.41) is 9.39. The molecule has 2 aromatic carbocycles. The third-order valence-corrected chi connectivity index (χ3v) is 7.38. The van der Waals surface area contributed by atoms with Crippen LogP contribution in [0.4, 0.5) is 13.2 Å². The third-order valence-electron chi connectivity index (χ3n) is 7.38. The number of carboxylic acid groups (broad SMARTS) is 1. The Bertz CT molecular complexity index is 1130. The fourth-order valence-electron chi connectivity index (χ4n) is 5.32. The second-order valence-corrected chi connectivity index (χ2v) is 9.68. The van der Waals surface area contributed by atoms with E-state index in [1.165, 1.54) is 0 Å². The number of benzene rings is 2. The number of halogens is 3. The highest BCUT2D eigenvalue weighted by atomic mass is 19.4. The van der Waals surface area contributed by atoms with E-state index < -0.39 is 12.1 Å². The van der Waals surface area contributed by atoms with Crippen molar-refractivity contribution in [3.63, 3.8) is 0 Å². The number of fused-ring (bicyclic) bond motifs is 1. The average Bonchev–Trinajstić information content (AvgIpc) is 3.41. The number of carboxylic acids is 1. The molecule has 1 N–H and O–H groups in total. The van der Waals surface area contributed by atoms with Gasteiger partial charge >= 0.3 is 12.1 Å². The number of alkyl halides is 3. The Morgan fingerprint density at radius 3 is 2.11 bits per heavy atom. The Hall–Kier alpha value is -3.14. The molecular weight excluding hydrogens is 475 g/mol. The number of rotatable bonds is 3. The molecule has 0 saturated carbocycles. The van der Waals surface area contributed by atoms with Crippen LogP contribution in [0.1, 0.15) is 42.5 Å². The minimum Gasteiger partial charge on any atom is -0.475 e. The van der Waals surface area contributed by atoms with Gasteiger partial charge in [-0.15, -0.1) is 0 Å². The number of carbonyl (C=O) groups excluding carboxylic acids is 2. The van der Waals surface area contributed by atoms with Gasteiger partial charge in [0.15, 0.2) is 0 Å². The van der Waals surface area contributed by atoms with E-state index in [4.69, 9.17) is 9.90 Å². The molecule has 194 valence electrons. The first-order valence-electron chi connectivity index (χ1n) is 12.2. The highest BCUT2D eigenvalue weighted by molar-refractivity contribution is 5.98. The number of nitrogens with zero attached hydrogens (tertiary/aromatic N) is 3. The smallest absolute Gasteiger partial charge is 0.475 e. The van der Waals surface area contributed by atoms with Crippen molar-refractivity contribution in [1.82, 2.24) is 14.7 Å².